The second-order valence-corrected chi connectivity index (χ2v) is 13.4. The summed E-state index contributed by atoms with van der Waals surface area (Å²) in [6.45, 7) is 8.01. The van der Waals surface area contributed by atoms with E-state index in [4.69, 9.17) is 14.5 Å². The minimum absolute atomic E-state index is 0.0452. The normalized spacial score (nSPS) is 15.8. The predicted octanol–water partition coefficient (Wildman–Crippen LogP) is 4.15. The van der Waals surface area contributed by atoms with Crippen LogP contribution in [0.1, 0.15) is 63.8 Å². The van der Waals surface area contributed by atoms with E-state index >= 15 is 0 Å². The molecule has 12 nitrogen and oxygen atoms in total. The second kappa shape index (κ2) is 15.0. The Bertz CT molecular complexity index is 1850. The van der Waals surface area contributed by atoms with Crippen LogP contribution < -0.4 is 16.6 Å². The summed E-state index contributed by atoms with van der Waals surface area (Å²) < 4.78 is 15.6. The number of alkyl carbamates (subject to hydrolysis) is 1. The SMILES string of the molecule is COCCCn1c([C@@H]2CCCN(C(=O)C[C@@H](Cc3ccc(-n4ccc(=O)n(C)c4=O)cc3)NC(=O)OC(C)(C)C)C2)nc2ccccc21. The van der Waals surface area contributed by atoms with Crippen LogP contribution in [-0.2, 0) is 34.3 Å². The molecule has 0 saturated carbocycles. The molecule has 2 aromatic heterocycles. The molecule has 2 amide bonds. The molecular weight excluding hydrogens is 612 g/mol. The molecule has 4 aromatic rings. The number of carbonyl (C=O) groups is 2. The van der Waals surface area contributed by atoms with Gasteiger partial charge in [0, 0.05) is 71.0 Å². The van der Waals surface area contributed by atoms with Gasteiger partial charge in [-0.05, 0) is 76.3 Å². The smallest absolute Gasteiger partial charge is 0.407 e. The minimum atomic E-state index is -0.696. The maximum absolute atomic E-state index is 13.9. The largest absolute Gasteiger partial charge is 0.444 e. The number of ether oxygens (including phenoxy) is 2. The monoisotopic (exact) mass is 658 g/mol. The van der Waals surface area contributed by atoms with Crippen molar-refractivity contribution in [3.8, 4) is 5.69 Å². The molecule has 0 unspecified atom stereocenters. The molecule has 5 rings (SSSR count). The van der Waals surface area contributed by atoms with Crippen LogP contribution in [0, 0.1) is 0 Å². The van der Waals surface area contributed by atoms with Crippen molar-refractivity contribution in [3.63, 3.8) is 0 Å². The number of likely N-dealkylation sites (tertiary alicyclic amines) is 1. The van der Waals surface area contributed by atoms with Crippen LogP contribution in [0.5, 0.6) is 0 Å². The van der Waals surface area contributed by atoms with Gasteiger partial charge in [-0.25, -0.2) is 14.6 Å². The number of nitrogens with zero attached hydrogens (tertiary/aromatic N) is 5. The van der Waals surface area contributed by atoms with Crippen molar-refractivity contribution in [2.75, 3.05) is 26.8 Å². The van der Waals surface area contributed by atoms with Crippen LogP contribution in [0.15, 0.2) is 70.4 Å². The molecule has 1 aliphatic heterocycles. The molecule has 2 atom stereocenters. The van der Waals surface area contributed by atoms with Gasteiger partial charge < -0.3 is 24.3 Å². The van der Waals surface area contributed by atoms with E-state index in [1.807, 2.05) is 35.2 Å². The summed E-state index contributed by atoms with van der Waals surface area (Å²) in [6, 6.07) is 16.2. The molecule has 1 saturated heterocycles. The zero-order chi connectivity index (χ0) is 34.4. The van der Waals surface area contributed by atoms with E-state index < -0.39 is 23.4 Å². The first-order valence-corrected chi connectivity index (χ1v) is 16.5. The number of para-hydroxylation sites is 2. The number of carbonyl (C=O) groups excluding carboxylic acids is 2. The number of amides is 2. The van der Waals surface area contributed by atoms with Gasteiger partial charge in [0.15, 0.2) is 0 Å². The first kappa shape index (κ1) is 34.6. The van der Waals surface area contributed by atoms with Gasteiger partial charge in [0.2, 0.25) is 5.91 Å². The number of benzene rings is 2. The molecule has 2 aromatic carbocycles. The van der Waals surface area contributed by atoms with E-state index in [0.29, 0.717) is 31.8 Å². The third-order valence-electron chi connectivity index (χ3n) is 8.58. The zero-order valence-corrected chi connectivity index (χ0v) is 28.5. The lowest BCUT2D eigenvalue weighted by Crippen LogP contribution is -2.46. The van der Waals surface area contributed by atoms with E-state index in [1.54, 1.807) is 40.0 Å². The highest BCUT2D eigenvalue weighted by molar-refractivity contribution is 5.79. The summed E-state index contributed by atoms with van der Waals surface area (Å²) in [5.74, 6) is 1.03. The molecule has 0 aliphatic carbocycles. The Balaban J connectivity index is 1.32. The van der Waals surface area contributed by atoms with Gasteiger partial charge in [-0.1, -0.05) is 24.3 Å². The number of aromatic nitrogens is 4. The van der Waals surface area contributed by atoms with Crippen molar-refractivity contribution in [3.05, 3.63) is 93.0 Å². The Morgan fingerprint density at radius 3 is 2.54 bits per heavy atom. The second-order valence-electron chi connectivity index (χ2n) is 13.4. The Labute approximate surface area is 280 Å². The summed E-state index contributed by atoms with van der Waals surface area (Å²) in [5.41, 5.74) is 1.97. The highest BCUT2D eigenvalue weighted by Crippen LogP contribution is 2.30. The third kappa shape index (κ3) is 8.41. The van der Waals surface area contributed by atoms with E-state index in [0.717, 1.165) is 52.8 Å². The number of piperidine rings is 1. The van der Waals surface area contributed by atoms with E-state index in [1.165, 1.54) is 23.9 Å². The molecular formula is C36H46N6O6. The number of hydrogen-bond donors (Lipinski definition) is 1. The Morgan fingerprint density at radius 2 is 1.81 bits per heavy atom. The number of methoxy groups -OCH3 is 1. The van der Waals surface area contributed by atoms with Crippen molar-refractivity contribution in [2.45, 2.75) is 77.0 Å². The van der Waals surface area contributed by atoms with E-state index in [9.17, 15) is 19.2 Å². The van der Waals surface area contributed by atoms with Gasteiger partial charge in [0.1, 0.15) is 11.4 Å². The van der Waals surface area contributed by atoms with Crippen molar-refractivity contribution >= 4 is 23.0 Å². The number of imidazole rings is 1. The zero-order valence-electron chi connectivity index (χ0n) is 28.5. The van der Waals surface area contributed by atoms with Crippen LogP contribution >= 0.6 is 0 Å². The maximum atomic E-state index is 13.9. The van der Waals surface area contributed by atoms with Gasteiger partial charge in [0.25, 0.3) is 5.56 Å². The average Bonchev–Trinajstić information content (AvgIpc) is 3.42. The molecule has 256 valence electrons. The van der Waals surface area contributed by atoms with Crippen molar-refractivity contribution in [2.24, 2.45) is 7.05 Å². The molecule has 1 aliphatic rings. The predicted molar refractivity (Wildman–Crippen MR) is 184 cm³/mol. The van der Waals surface area contributed by atoms with Crippen LogP contribution in [-0.4, -0.2) is 74.0 Å². The fourth-order valence-corrected chi connectivity index (χ4v) is 6.25. The number of fused-ring (bicyclic) bond motifs is 1. The maximum Gasteiger partial charge on any atom is 0.407 e. The lowest BCUT2D eigenvalue weighted by molar-refractivity contribution is -0.133. The highest BCUT2D eigenvalue weighted by Gasteiger charge is 2.30. The summed E-state index contributed by atoms with van der Waals surface area (Å²) in [6.07, 6.45) is 3.98. The molecule has 1 fully saturated rings. The first-order valence-electron chi connectivity index (χ1n) is 16.5. The number of aryl methyl sites for hydroxylation is 1. The van der Waals surface area contributed by atoms with Gasteiger partial charge in [0.05, 0.1) is 16.7 Å². The summed E-state index contributed by atoms with van der Waals surface area (Å²) in [7, 11) is 3.14. The topological polar surface area (TPSA) is 130 Å². The summed E-state index contributed by atoms with van der Waals surface area (Å²) in [4.78, 5) is 58.1. The molecule has 0 spiro atoms. The van der Waals surface area contributed by atoms with Gasteiger partial charge in [-0.3, -0.25) is 18.7 Å². The minimum Gasteiger partial charge on any atom is -0.444 e. The number of nitrogens with one attached hydrogen (secondary N) is 1. The van der Waals surface area contributed by atoms with Crippen LogP contribution in [0.3, 0.4) is 0 Å². The molecule has 48 heavy (non-hydrogen) atoms. The third-order valence-corrected chi connectivity index (χ3v) is 8.58. The van der Waals surface area contributed by atoms with Crippen LogP contribution in [0.2, 0.25) is 0 Å². The van der Waals surface area contributed by atoms with Gasteiger partial charge in [-0.15, -0.1) is 0 Å². The quantitative estimate of drug-likeness (QED) is 0.240. The first-order chi connectivity index (χ1) is 22.9. The Morgan fingerprint density at radius 1 is 1.06 bits per heavy atom. The fraction of sp³-hybridized carbons (Fsp3) is 0.472. The van der Waals surface area contributed by atoms with Crippen molar-refractivity contribution < 1.29 is 19.1 Å². The van der Waals surface area contributed by atoms with Crippen LogP contribution in [0.25, 0.3) is 16.7 Å². The van der Waals surface area contributed by atoms with Gasteiger partial charge >= 0.3 is 11.8 Å². The number of hydrogen-bond acceptors (Lipinski definition) is 7. The molecule has 12 heteroatoms. The highest BCUT2D eigenvalue weighted by atomic mass is 16.6. The average molecular weight is 659 g/mol. The lowest BCUT2D eigenvalue weighted by Gasteiger charge is -2.34. The Kier molecular flexibility index (Phi) is 10.8. The van der Waals surface area contributed by atoms with Crippen LogP contribution in [0.4, 0.5) is 4.79 Å². The lowest BCUT2D eigenvalue weighted by atomic mass is 9.95. The van der Waals surface area contributed by atoms with E-state index in [-0.39, 0.29) is 23.8 Å². The van der Waals surface area contributed by atoms with Gasteiger partial charge in [-0.2, -0.15) is 0 Å². The van der Waals surface area contributed by atoms with E-state index in [2.05, 4.69) is 16.0 Å². The molecule has 0 bridgehead atoms. The summed E-state index contributed by atoms with van der Waals surface area (Å²) >= 11 is 0. The number of rotatable bonds is 11. The standard InChI is InChI=1S/C36H46N6O6/c1-36(2,3)48-34(45)37-27(22-25-13-15-28(16-14-25)41-20-17-31(43)39(4)35(41)46)23-32(44)40-18-8-10-26(24-40)33-38-29-11-6-7-12-30(29)42(33)19-9-21-47-5/h6-7,11-17,20,26-27H,8-10,18-19,21-24H2,1-5H3,(H,37,45)/t26-,27-/m1/s1. The summed E-state index contributed by atoms with van der Waals surface area (Å²) in [5, 5.41) is 2.93. The molecule has 1 N–H and O–H groups in total. The van der Waals surface area contributed by atoms with Crippen molar-refractivity contribution in [1.82, 2.24) is 28.9 Å². The molecule has 0 radical (unpaired) electrons. The molecule has 3 heterocycles. The Hall–Kier alpha value is -4.71. The fourth-order valence-electron chi connectivity index (χ4n) is 6.25. The van der Waals surface area contributed by atoms with Crippen molar-refractivity contribution in [1.29, 1.82) is 0 Å².